The van der Waals surface area contributed by atoms with Gasteiger partial charge in [-0.15, -0.1) is 0 Å². The van der Waals surface area contributed by atoms with E-state index >= 15 is 0 Å². The Balaban J connectivity index is 2.42. The van der Waals surface area contributed by atoms with Crippen molar-refractivity contribution in [2.75, 3.05) is 11.6 Å². The summed E-state index contributed by atoms with van der Waals surface area (Å²) >= 11 is 3.07. The van der Waals surface area contributed by atoms with Crippen LogP contribution in [0.3, 0.4) is 0 Å². The molecule has 1 heterocycles. The van der Waals surface area contributed by atoms with Crippen LogP contribution in [0.15, 0.2) is 24.3 Å². The zero-order chi connectivity index (χ0) is 11.7. The number of carboxylic acids is 1. The molecule has 16 heavy (non-hydrogen) atoms. The number of anilines is 1. The van der Waals surface area contributed by atoms with E-state index < -0.39 is 10.9 Å². The van der Waals surface area contributed by atoms with Crippen LogP contribution in [0.1, 0.15) is 10.4 Å². The van der Waals surface area contributed by atoms with Crippen molar-refractivity contribution in [3.05, 3.63) is 29.8 Å². The topological polar surface area (TPSA) is 69.6 Å². The predicted molar refractivity (Wildman–Crippen MR) is 61.6 cm³/mol. The second-order valence-corrected chi connectivity index (χ2v) is 4.19. The summed E-state index contributed by atoms with van der Waals surface area (Å²) in [5.41, 5.74) is 1.11. The molecule has 0 aliphatic carbocycles. The summed E-state index contributed by atoms with van der Waals surface area (Å²) in [4.78, 5) is 23.1. The first-order valence-electron chi connectivity index (χ1n) is 4.62. The highest BCUT2D eigenvalue weighted by Gasteiger charge is 2.29. The van der Waals surface area contributed by atoms with Crippen LogP contribution in [0.25, 0.3) is 0 Å². The number of carbonyl (C=O) groups excluding carboxylic acids is 1. The number of nitrogens with zero attached hydrogens (tertiary/aromatic N) is 1. The van der Waals surface area contributed by atoms with Crippen molar-refractivity contribution in [3.8, 4) is 0 Å². The molecule has 0 bridgehead atoms. The molecule has 6 heteroatoms. The lowest BCUT2D eigenvalue weighted by atomic mass is 10.1. The van der Waals surface area contributed by atoms with E-state index in [1.54, 1.807) is 29.2 Å². The molecule has 1 atom stereocenters. The fraction of sp³-hybridized carbons (Fsp3) is 0.200. The van der Waals surface area contributed by atoms with E-state index in [0.717, 1.165) is 0 Å². The number of amides is 1. The van der Waals surface area contributed by atoms with Crippen LogP contribution < -0.4 is 10.2 Å². The largest absolute Gasteiger partial charge is 0.479 e. The van der Waals surface area contributed by atoms with E-state index in [1.807, 2.05) is 0 Å². The second-order valence-electron chi connectivity index (χ2n) is 3.32. The van der Waals surface area contributed by atoms with Crippen LogP contribution in [-0.2, 0) is 4.79 Å². The number of para-hydroxylation sites is 1. The molecule has 1 aromatic carbocycles. The Morgan fingerprint density at radius 2 is 2.19 bits per heavy atom. The van der Waals surface area contributed by atoms with Gasteiger partial charge in [0.2, 0.25) is 0 Å². The van der Waals surface area contributed by atoms with E-state index in [-0.39, 0.29) is 12.6 Å². The molecule has 5 nitrogen and oxygen atoms in total. The Labute approximate surface area is 100 Å². The van der Waals surface area contributed by atoms with Gasteiger partial charge in [0.25, 0.3) is 5.91 Å². The van der Waals surface area contributed by atoms with Crippen LogP contribution >= 0.6 is 15.9 Å². The third-order valence-electron chi connectivity index (χ3n) is 2.35. The minimum absolute atomic E-state index is 0.179. The molecule has 84 valence electrons. The first-order valence-corrected chi connectivity index (χ1v) is 5.53. The molecule has 0 saturated heterocycles. The Morgan fingerprint density at radius 3 is 2.88 bits per heavy atom. The Morgan fingerprint density at radius 1 is 1.50 bits per heavy atom. The van der Waals surface area contributed by atoms with Crippen molar-refractivity contribution in [1.82, 2.24) is 5.32 Å². The summed E-state index contributed by atoms with van der Waals surface area (Å²) in [7, 11) is 0. The van der Waals surface area contributed by atoms with Gasteiger partial charge in [0.05, 0.1) is 17.9 Å². The fourth-order valence-corrected chi connectivity index (χ4v) is 1.95. The third kappa shape index (κ3) is 1.76. The molecule has 1 aliphatic rings. The Hall–Kier alpha value is -1.56. The quantitative estimate of drug-likeness (QED) is 0.628. The van der Waals surface area contributed by atoms with Crippen LogP contribution in [0.4, 0.5) is 5.69 Å². The zero-order valence-corrected chi connectivity index (χ0v) is 9.77. The highest BCUT2D eigenvalue weighted by molar-refractivity contribution is 9.10. The zero-order valence-electron chi connectivity index (χ0n) is 8.18. The van der Waals surface area contributed by atoms with Gasteiger partial charge in [0.15, 0.2) is 4.95 Å². The predicted octanol–water partition coefficient (Wildman–Crippen LogP) is 0.999. The summed E-state index contributed by atoms with van der Waals surface area (Å²) in [6.07, 6.45) is 0. The molecule has 0 radical (unpaired) electrons. The Kier molecular flexibility index (Phi) is 2.82. The van der Waals surface area contributed by atoms with Gasteiger partial charge in [-0.25, -0.2) is 4.79 Å². The number of carboxylic acid groups (broad SMARTS) is 1. The van der Waals surface area contributed by atoms with E-state index in [1.165, 1.54) is 0 Å². The molecule has 1 aliphatic heterocycles. The summed E-state index contributed by atoms with van der Waals surface area (Å²) in [6.45, 7) is 0.179. The maximum absolute atomic E-state index is 11.5. The van der Waals surface area contributed by atoms with Crippen molar-refractivity contribution < 1.29 is 14.7 Å². The number of carbonyl (C=O) groups is 2. The normalized spacial score (nSPS) is 16.3. The number of hydrogen-bond acceptors (Lipinski definition) is 3. The monoisotopic (exact) mass is 284 g/mol. The third-order valence-corrected chi connectivity index (χ3v) is 3.23. The number of benzene rings is 1. The number of aliphatic carboxylic acids is 1. The summed E-state index contributed by atoms with van der Waals surface area (Å²) in [6, 6.07) is 6.90. The molecule has 1 aromatic rings. The van der Waals surface area contributed by atoms with E-state index in [2.05, 4.69) is 21.2 Å². The van der Waals surface area contributed by atoms with Crippen molar-refractivity contribution in [2.45, 2.75) is 4.95 Å². The molecule has 1 amide bonds. The van der Waals surface area contributed by atoms with Crippen LogP contribution in [0.5, 0.6) is 0 Å². The molecule has 0 fully saturated rings. The van der Waals surface area contributed by atoms with Gasteiger partial charge in [0, 0.05) is 0 Å². The molecule has 2 rings (SSSR count). The first kappa shape index (κ1) is 10.9. The number of nitrogens with one attached hydrogen (secondary N) is 1. The smallest absolute Gasteiger partial charge is 0.337 e. The molecule has 0 saturated carbocycles. The van der Waals surface area contributed by atoms with Gasteiger partial charge >= 0.3 is 5.97 Å². The minimum Gasteiger partial charge on any atom is -0.479 e. The van der Waals surface area contributed by atoms with Crippen LogP contribution in [0, 0.1) is 0 Å². The number of fused-ring (bicyclic) bond motifs is 1. The van der Waals surface area contributed by atoms with Crippen LogP contribution in [-0.4, -0.2) is 28.6 Å². The first-order chi connectivity index (χ1) is 7.61. The van der Waals surface area contributed by atoms with Gasteiger partial charge < -0.3 is 15.3 Å². The second kappa shape index (κ2) is 4.13. The standard InChI is InChI=1S/C10H9BrN2O3/c11-8(10(15)16)13-5-12-9(14)6-3-1-2-4-7(6)13/h1-4,8H,5H2,(H,12,14)(H,15,16). The number of rotatable bonds is 2. The summed E-state index contributed by atoms with van der Waals surface area (Å²) in [5.74, 6) is -1.18. The Bertz CT molecular complexity index is 449. The van der Waals surface area contributed by atoms with Crippen molar-refractivity contribution >= 4 is 33.5 Å². The minimum atomic E-state index is -0.994. The van der Waals surface area contributed by atoms with Crippen molar-refractivity contribution in [3.63, 3.8) is 0 Å². The van der Waals surface area contributed by atoms with E-state index in [4.69, 9.17) is 5.11 Å². The van der Waals surface area contributed by atoms with Crippen molar-refractivity contribution in [1.29, 1.82) is 0 Å². The van der Waals surface area contributed by atoms with Gasteiger partial charge in [-0.05, 0) is 12.1 Å². The van der Waals surface area contributed by atoms with Gasteiger partial charge in [-0.3, -0.25) is 4.79 Å². The highest BCUT2D eigenvalue weighted by Crippen LogP contribution is 2.26. The van der Waals surface area contributed by atoms with Crippen LogP contribution in [0.2, 0.25) is 0 Å². The van der Waals surface area contributed by atoms with Gasteiger partial charge in [-0.2, -0.15) is 0 Å². The van der Waals surface area contributed by atoms with E-state index in [0.29, 0.717) is 11.3 Å². The molecule has 2 N–H and O–H groups in total. The molecular weight excluding hydrogens is 276 g/mol. The maximum atomic E-state index is 11.5. The number of alkyl halides is 1. The average molecular weight is 285 g/mol. The van der Waals surface area contributed by atoms with E-state index in [9.17, 15) is 9.59 Å². The summed E-state index contributed by atoms with van der Waals surface area (Å²) in [5, 5.41) is 11.5. The van der Waals surface area contributed by atoms with Gasteiger partial charge in [0.1, 0.15) is 0 Å². The van der Waals surface area contributed by atoms with Gasteiger partial charge in [-0.1, -0.05) is 28.1 Å². The maximum Gasteiger partial charge on any atom is 0.337 e. The van der Waals surface area contributed by atoms with Crippen molar-refractivity contribution in [2.24, 2.45) is 0 Å². The molecule has 0 aromatic heterocycles. The fourth-order valence-electron chi connectivity index (χ4n) is 1.59. The SMILES string of the molecule is O=C1NCN(C(Br)C(=O)O)c2ccccc21. The number of hydrogen-bond donors (Lipinski definition) is 2. The number of halogens is 1. The lowest BCUT2D eigenvalue weighted by molar-refractivity contribution is -0.136. The lowest BCUT2D eigenvalue weighted by Crippen LogP contribution is -2.49. The molecular formula is C10H9BrN2O3. The lowest BCUT2D eigenvalue weighted by Gasteiger charge is -2.32. The molecule has 1 unspecified atom stereocenters. The highest BCUT2D eigenvalue weighted by atomic mass is 79.9. The summed E-state index contributed by atoms with van der Waals surface area (Å²) < 4.78 is 0. The average Bonchev–Trinajstić information content (AvgIpc) is 2.29. The molecule has 0 spiro atoms.